The Morgan fingerprint density at radius 3 is 2.47 bits per heavy atom. The molecule has 9 nitrogen and oxygen atoms in total. The highest BCUT2D eigenvalue weighted by Crippen LogP contribution is 2.18. The van der Waals surface area contributed by atoms with Gasteiger partial charge in [0.05, 0.1) is 22.5 Å². The second kappa shape index (κ2) is 9.11. The summed E-state index contributed by atoms with van der Waals surface area (Å²) in [5, 5.41) is 0.643. The Bertz CT molecular complexity index is 1480. The first-order valence-corrected chi connectivity index (χ1v) is 11.2. The van der Waals surface area contributed by atoms with E-state index >= 15 is 0 Å². The zero-order valence-corrected chi connectivity index (χ0v) is 18.9. The summed E-state index contributed by atoms with van der Waals surface area (Å²) in [5.41, 5.74) is 0.518. The molecule has 1 aliphatic heterocycles. The summed E-state index contributed by atoms with van der Waals surface area (Å²) in [4.78, 5) is 53.7. The molecule has 1 amide bonds. The van der Waals surface area contributed by atoms with Gasteiger partial charge in [0.25, 0.3) is 11.5 Å². The van der Waals surface area contributed by atoms with Crippen LogP contribution < -0.4 is 16.1 Å². The van der Waals surface area contributed by atoms with Crippen LogP contribution >= 0.6 is 11.6 Å². The predicted molar refractivity (Wildman–Crippen MR) is 130 cm³/mol. The van der Waals surface area contributed by atoms with Crippen LogP contribution in [0.15, 0.2) is 70.5 Å². The van der Waals surface area contributed by atoms with Gasteiger partial charge in [-0.15, -0.1) is 0 Å². The first kappa shape index (κ1) is 21.8. The van der Waals surface area contributed by atoms with Gasteiger partial charge in [-0.1, -0.05) is 29.8 Å². The lowest BCUT2D eigenvalue weighted by Gasteiger charge is -2.34. The molecule has 0 unspecified atom stereocenters. The Kier molecular flexibility index (Phi) is 5.85. The Balaban J connectivity index is 1.34. The van der Waals surface area contributed by atoms with Crippen LogP contribution in [-0.2, 0) is 6.54 Å². The highest BCUT2D eigenvalue weighted by molar-refractivity contribution is 6.34. The lowest BCUT2D eigenvalue weighted by molar-refractivity contribution is 0.0746. The number of halogens is 1. The molecule has 172 valence electrons. The van der Waals surface area contributed by atoms with Crippen LogP contribution in [0.5, 0.6) is 0 Å². The molecule has 0 radical (unpaired) electrons. The number of anilines is 1. The van der Waals surface area contributed by atoms with Crippen molar-refractivity contribution in [2.45, 2.75) is 6.54 Å². The van der Waals surface area contributed by atoms with E-state index in [4.69, 9.17) is 11.6 Å². The third-order valence-corrected chi connectivity index (χ3v) is 6.20. The number of hydrogen-bond donors (Lipinski definition) is 1. The average molecular weight is 477 g/mol. The molecular formula is C24H21ClN6O3. The molecule has 0 atom stereocenters. The zero-order chi connectivity index (χ0) is 23.7. The summed E-state index contributed by atoms with van der Waals surface area (Å²) in [6.07, 6.45) is 3.40. The third kappa shape index (κ3) is 4.17. The van der Waals surface area contributed by atoms with E-state index in [1.165, 1.54) is 0 Å². The number of fused-ring (bicyclic) bond motifs is 1. The Hall–Kier alpha value is -3.98. The first-order valence-electron chi connectivity index (χ1n) is 10.8. The number of amides is 1. The van der Waals surface area contributed by atoms with Gasteiger partial charge in [-0.05, 0) is 35.9 Å². The van der Waals surface area contributed by atoms with Gasteiger partial charge < -0.3 is 14.8 Å². The molecule has 4 aromatic rings. The summed E-state index contributed by atoms with van der Waals surface area (Å²) in [6, 6.07) is 13.7. The highest BCUT2D eigenvalue weighted by atomic mass is 35.5. The molecular weight excluding hydrogens is 456 g/mol. The largest absolute Gasteiger partial charge is 0.337 e. The van der Waals surface area contributed by atoms with E-state index in [0.29, 0.717) is 59.2 Å². The van der Waals surface area contributed by atoms with Gasteiger partial charge in [-0.2, -0.15) is 0 Å². The number of rotatable bonds is 4. The number of aromatic amines is 1. The summed E-state index contributed by atoms with van der Waals surface area (Å²) < 4.78 is 1.11. The summed E-state index contributed by atoms with van der Waals surface area (Å²) in [7, 11) is 0. The normalized spacial score (nSPS) is 13.9. The molecule has 5 rings (SSSR count). The van der Waals surface area contributed by atoms with Crippen molar-refractivity contribution in [3.63, 3.8) is 0 Å². The summed E-state index contributed by atoms with van der Waals surface area (Å²) in [6.45, 7) is 2.41. The van der Waals surface area contributed by atoms with E-state index in [0.717, 1.165) is 4.57 Å². The minimum absolute atomic E-state index is 0.0386. The standard InChI is InChI=1S/C24H21ClN6O3/c25-19-7-2-6-18-20(19)28-24(34)31(22(18)33)15-16-4-1-5-17(14-16)21(32)29-10-12-30(13-11-29)23-26-8-3-9-27-23/h1-9,14H,10-13,15H2,(H,28,34). The number of nitrogens with one attached hydrogen (secondary N) is 1. The predicted octanol–water partition coefficient (Wildman–Crippen LogP) is 2.14. The number of H-pyrrole nitrogens is 1. The van der Waals surface area contributed by atoms with Crippen molar-refractivity contribution in [3.8, 4) is 0 Å². The fourth-order valence-corrected chi connectivity index (χ4v) is 4.34. The van der Waals surface area contributed by atoms with Gasteiger partial charge in [0.2, 0.25) is 5.95 Å². The van der Waals surface area contributed by atoms with Crippen molar-refractivity contribution >= 4 is 34.4 Å². The van der Waals surface area contributed by atoms with E-state index < -0.39 is 11.2 Å². The number of piperazine rings is 1. The van der Waals surface area contributed by atoms with E-state index in [-0.39, 0.29) is 12.5 Å². The molecule has 3 heterocycles. The lowest BCUT2D eigenvalue weighted by Crippen LogP contribution is -2.49. The molecule has 2 aromatic carbocycles. The van der Waals surface area contributed by atoms with E-state index in [9.17, 15) is 14.4 Å². The van der Waals surface area contributed by atoms with Crippen molar-refractivity contribution in [3.05, 3.63) is 97.9 Å². The van der Waals surface area contributed by atoms with Crippen molar-refractivity contribution in [2.24, 2.45) is 0 Å². The van der Waals surface area contributed by atoms with Gasteiger partial charge in [-0.25, -0.2) is 14.8 Å². The van der Waals surface area contributed by atoms with Crippen molar-refractivity contribution in [1.82, 2.24) is 24.4 Å². The highest BCUT2D eigenvalue weighted by Gasteiger charge is 2.23. The molecule has 2 aromatic heterocycles. The quantitative estimate of drug-likeness (QED) is 0.484. The monoisotopic (exact) mass is 476 g/mol. The van der Waals surface area contributed by atoms with Crippen molar-refractivity contribution in [1.29, 1.82) is 0 Å². The molecule has 1 N–H and O–H groups in total. The molecule has 1 fully saturated rings. The van der Waals surface area contributed by atoms with E-state index in [2.05, 4.69) is 15.0 Å². The number of aromatic nitrogens is 4. The molecule has 10 heteroatoms. The fraction of sp³-hybridized carbons (Fsp3) is 0.208. The summed E-state index contributed by atoms with van der Waals surface area (Å²) in [5.74, 6) is 0.561. The minimum Gasteiger partial charge on any atom is -0.337 e. The Morgan fingerprint density at radius 2 is 1.71 bits per heavy atom. The Morgan fingerprint density at radius 1 is 0.971 bits per heavy atom. The molecule has 34 heavy (non-hydrogen) atoms. The van der Waals surface area contributed by atoms with Crippen molar-refractivity contribution < 1.29 is 4.79 Å². The maximum atomic E-state index is 13.1. The fourth-order valence-electron chi connectivity index (χ4n) is 4.12. The van der Waals surface area contributed by atoms with Gasteiger partial charge in [0.15, 0.2) is 0 Å². The topological polar surface area (TPSA) is 104 Å². The lowest BCUT2D eigenvalue weighted by atomic mass is 10.1. The van der Waals surface area contributed by atoms with Crippen LogP contribution in [-0.4, -0.2) is 56.5 Å². The molecule has 1 aliphatic rings. The van der Waals surface area contributed by atoms with E-state index in [1.807, 2.05) is 4.90 Å². The summed E-state index contributed by atoms with van der Waals surface area (Å²) >= 11 is 6.12. The number of hydrogen-bond acceptors (Lipinski definition) is 6. The zero-order valence-electron chi connectivity index (χ0n) is 18.1. The van der Waals surface area contributed by atoms with Crippen LogP contribution in [0, 0.1) is 0 Å². The van der Waals surface area contributed by atoms with Crippen LogP contribution in [0.2, 0.25) is 5.02 Å². The Labute approximate surface area is 199 Å². The van der Waals surface area contributed by atoms with Gasteiger partial charge in [-0.3, -0.25) is 14.2 Å². The minimum atomic E-state index is -0.554. The number of para-hydroxylation sites is 1. The molecule has 0 bridgehead atoms. The van der Waals surface area contributed by atoms with Gasteiger partial charge in [0.1, 0.15) is 0 Å². The maximum absolute atomic E-state index is 13.1. The van der Waals surface area contributed by atoms with E-state index in [1.54, 1.807) is 65.8 Å². The number of carbonyl (C=O) groups excluding carboxylic acids is 1. The van der Waals surface area contributed by atoms with Gasteiger partial charge in [0, 0.05) is 44.1 Å². The van der Waals surface area contributed by atoms with Crippen LogP contribution in [0.1, 0.15) is 15.9 Å². The smallest absolute Gasteiger partial charge is 0.329 e. The van der Waals surface area contributed by atoms with Crippen LogP contribution in [0.3, 0.4) is 0 Å². The number of nitrogens with zero attached hydrogens (tertiary/aromatic N) is 5. The SMILES string of the molecule is O=C(c1cccc(Cn2c(=O)[nH]c3c(Cl)cccc3c2=O)c1)N1CCN(c2ncccn2)CC1. The van der Waals surface area contributed by atoms with Crippen molar-refractivity contribution in [2.75, 3.05) is 31.1 Å². The molecule has 0 saturated carbocycles. The second-order valence-corrected chi connectivity index (χ2v) is 8.42. The van der Waals surface area contributed by atoms with Crippen LogP contribution in [0.4, 0.5) is 5.95 Å². The number of benzene rings is 2. The average Bonchev–Trinajstić information content (AvgIpc) is 2.88. The first-order chi connectivity index (χ1) is 16.5. The molecule has 0 spiro atoms. The maximum Gasteiger partial charge on any atom is 0.329 e. The third-order valence-electron chi connectivity index (χ3n) is 5.88. The second-order valence-electron chi connectivity index (χ2n) is 8.01. The van der Waals surface area contributed by atoms with Gasteiger partial charge >= 0.3 is 5.69 Å². The molecule has 0 aliphatic carbocycles. The number of carbonyl (C=O) groups is 1. The van der Waals surface area contributed by atoms with Crippen LogP contribution in [0.25, 0.3) is 10.9 Å². The molecule has 1 saturated heterocycles.